The van der Waals surface area contributed by atoms with Crippen LogP contribution < -0.4 is 10.2 Å². The van der Waals surface area contributed by atoms with Gasteiger partial charge in [0.25, 0.3) is 0 Å². The van der Waals surface area contributed by atoms with Gasteiger partial charge >= 0.3 is 17.4 Å². The van der Waals surface area contributed by atoms with Crippen LogP contribution in [0.5, 0.6) is 0 Å². The summed E-state index contributed by atoms with van der Waals surface area (Å²) in [6.07, 6.45) is 19.0. The van der Waals surface area contributed by atoms with Crippen molar-refractivity contribution < 1.29 is 19.8 Å². The molecule has 0 fully saturated rings. The van der Waals surface area contributed by atoms with E-state index in [0.29, 0.717) is 0 Å². The van der Waals surface area contributed by atoms with Crippen molar-refractivity contribution in [2.45, 2.75) is 12.8 Å². The average molecular weight is 249 g/mol. The third-order valence-corrected chi connectivity index (χ3v) is 1.31. The van der Waals surface area contributed by atoms with E-state index in [2.05, 4.69) is 48.6 Å². The minimum absolute atomic E-state index is 0. The van der Waals surface area contributed by atoms with Gasteiger partial charge in [-0.1, -0.05) is 48.6 Å². The normalized spacial score (nSPS) is 11.8. The zero-order valence-electron chi connectivity index (χ0n) is 9.40. The van der Waals surface area contributed by atoms with Crippen molar-refractivity contribution in [3.8, 4) is 0 Å². The molecule has 1 radical (unpaired) electrons. The van der Waals surface area contributed by atoms with Gasteiger partial charge in [0, 0.05) is 12.9 Å². The van der Waals surface area contributed by atoms with E-state index >= 15 is 0 Å². The van der Waals surface area contributed by atoms with Gasteiger partial charge in [0.15, 0.2) is 0 Å². The van der Waals surface area contributed by atoms with Crippen LogP contribution in [0.4, 0.5) is 0 Å². The molecule has 4 nitrogen and oxygen atoms in total. The maximum absolute atomic E-state index is 8.25. The Morgan fingerprint density at radius 1 is 0.706 bits per heavy atom. The summed E-state index contributed by atoms with van der Waals surface area (Å²) in [5, 5.41) is 16.5. The molecule has 2 aliphatic rings. The Morgan fingerprint density at radius 2 is 0.882 bits per heavy atom. The molecule has 0 aromatic rings. The molecule has 0 unspecified atom stereocenters. The third kappa shape index (κ3) is 31.4. The standard InChI is InChI=1S/2C5H6.2CH2O2.Al/c2*1-2-4-5-3-1;2*2-1-3;/h2*1-4H,5H2;2*1H,(H,2,3);/q;;;;+2/p-2. The maximum atomic E-state index is 8.25. The zero-order valence-corrected chi connectivity index (χ0v) is 10.6. The number of allylic oxidation sites excluding steroid dienone is 8. The summed E-state index contributed by atoms with van der Waals surface area (Å²) in [6, 6.07) is 0. The molecule has 0 amide bonds. The molecular formula is C12H14AlO4. The van der Waals surface area contributed by atoms with Crippen molar-refractivity contribution in [2.24, 2.45) is 0 Å². The molecule has 5 heteroatoms. The topological polar surface area (TPSA) is 80.3 Å². The van der Waals surface area contributed by atoms with Gasteiger partial charge < -0.3 is 19.8 Å². The van der Waals surface area contributed by atoms with Crippen molar-refractivity contribution in [1.82, 2.24) is 0 Å². The number of carboxylic acid groups (broad SMARTS) is 2. The smallest absolute Gasteiger partial charge is 0.554 e. The van der Waals surface area contributed by atoms with Crippen LogP contribution in [0, 0.1) is 0 Å². The number of carbonyl (C=O) groups excluding carboxylic acids is 2. The van der Waals surface area contributed by atoms with Gasteiger partial charge in [0.05, 0.1) is 0 Å². The van der Waals surface area contributed by atoms with Crippen LogP contribution in [0.15, 0.2) is 48.6 Å². The van der Waals surface area contributed by atoms with Crippen molar-refractivity contribution in [1.29, 1.82) is 0 Å². The Hall–Kier alpha value is -1.57. The molecule has 0 spiro atoms. The van der Waals surface area contributed by atoms with Crippen molar-refractivity contribution in [3.63, 3.8) is 0 Å². The van der Waals surface area contributed by atoms with Gasteiger partial charge in [0.1, 0.15) is 0 Å². The second-order valence-corrected chi connectivity index (χ2v) is 2.38. The summed E-state index contributed by atoms with van der Waals surface area (Å²) in [5.41, 5.74) is 0. The molecule has 0 saturated heterocycles. The first kappa shape index (κ1) is 20.8. The Balaban J connectivity index is -0.000000157. The van der Waals surface area contributed by atoms with Crippen LogP contribution in [0.3, 0.4) is 0 Å². The van der Waals surface area contributed by atoms with E-state index in [-0.39, 0.29) is 17.4 Å². The van der Waals surface area contributed by atoms with Gasteiger partial charge in [0.2, 0.25) is 0 Å². The molecule has 0 aromatic heterocycles. The van der Waals surface area contributed by atoms with E-state index in [4.69, 9.17) is 19.8 Å². The second-order valence-electron chi connectivity index (χ2n) is 2.38. The van der Waals surface area contributed by atoms with E-state index in [1.807, 2.05) is 0 Å². The number of rotatable bonds is 0. The Bertz CT molecular complexity index is 220. The molecule has 0 aliphatic heterocycles. The summed E-state index contributed by atoms with van der Waals surface area (Å²) >= 11 is 0. The molecular weight excluding hydrogens is 235 g/mol. The number of hydrogen-bond donors (Lipinski definition) is 0. The van der Waals surface area contributed by atoms with E-state index in [9.17, 15) is 0 Å². The van der Waals surface area contributed by atoms with Crippen LogP contribution >= 0.6 is 0 Å². The van der Waals surface area contributed by atoms with E-state index in [1.165, 1.54) is 0 Å². The Kier molecular flexibility index (Phi) is 29.3. The SMILES string of the molecule is C1=CCC=C1.C1=CCC=C1.O=C[O-].O=C[O-].[Al+2]. The summed E-state index contributed by atoms with van der Waals surface area (Å²) in [4.78, 5) is 16.5. The average Bonchev–Trinajstić information content (AvgIpc) is 3.00. The molecule has 0 N–H and O–H groups in total. The molecule has 89 valence electrons. The van der Waals surface area contributed by atoms with Crippen molar-refractivity contribution >= 4 is 30.3 Å². The molecule has 2 rings (SSSR count). The first-order valence-electron chi connectivity index (χ1n) is 4.58. The van der Waals surface area contributed by atoms with Crippen LogP contribution in [0.25, 0.3) is 0 Å². The first-order chi connectivity index (χ1) is 7.83. The van der Waals surface area contributed by atoms with Gasteiger partial charge in [-0.2, -0.15) is 0 Å². The molecule has 0 heterocycles. The molecule has 0 atom stereocenters. The summed E-state index contributed by atoms with van der Waals surface area (Å²) in [5.74, 6) is 0. The maximum Gasteiger partial charge on any atom is 2.00 e. The minimum Gasteiger partial charge on any atom is -0.554 e. The monoisotopic (exact) mass is 249 g/mol. The fraction of sp³-hybridized carbons (Fsp3) is 0.167. The second kappa shape index (κ2) is 23.9. The van der Waals surface area contributed by atoms with Crippen LogP contribution in [0.1, 0.15) is 12.8 Å². The van der Waals surface area contributed by atoms with E-state index in [1.54, 1.807) is 0 Å². The fourth-order valence-corrected chi connectivity index (χ4v) is 0.786. The Labute approximate surface area is 112 Å². The van der Waals surface area contributed by atoms with E-state index < -0.39 is 12.9 Å². The van der Waals surface area contributed by atoms with Gasteiger partial charge in [-0.3, -0.25) is 0 Å². The van der Waals surface area contributed by atoms with Gasteiger partial charge in [-0.25, -0.2) is 0 Å². The van der Waals surface area contributed by atoms with E-state index in [0.717, 1.165) is 12.8 Å². The summed E-state index contributed by atoms with van der Waals surface area (Å²) < 4.78 is 0. The molecule has 17 heavy (non-hydrogen) atoms. The van der Waals surface area contributed by atoms with Gasteiger partial charge in [-0.15, -0.1) is 0 Å². The van der Waals surface area contributed by atoms with Crippen molar-refractivity contribution in [3.05, 3.63) is 48.6 Å². The van der Waals surface area contributed by atoms with Crippen LogP contribution in [0.2, 0.25) is 0 Å². The first-order valence-corrected chi connectivity index (χ1v) is 4.58. The predicted molar refractivity (Wildman–Crippen MR) is 63.7 cm³/mol. The van der Waals surface area contributed by atoms with Crippen LogP contribution in [-0.4, -0.2) is 30.3 Å². The molecule has 0 saturated carbocycles. The number of hydrogen-bond acceptors (Lipinski definition) is 4. The Morgan fingerprint density at radius 3 is 0.941 bits per heavy atom. The molecule has 0 bridgehead atoms. The summed E-state index contributed by atoms with van der Waals surface area (Å²) in [6.45, 7) is -1.00. The third-order valence-electron chi connectivity index (χ3n) is 1.31. The number of carbonyl (C=O) groups is 2. The fourth-order valence-electron chi connectivity index (χ4n) is 0.786. The quantitative estimate of drug-likeness (QED) is 0.422. The van der Waals surface area contributed by atoms with Crippen LogP contribution in [-0.2, 0) is 9.59 Å². The summed E-state index contributed by atoms with van der Waals surface area (Å²) in [7, 11) is 0. The molecule has 2 aliphatic carbocycles. The largest absolute Gasteiger partial charge is 2.00 e. The van der Waals surface area contributed by atoms with Crippen molar-refractivity contribution in [2.75, 3.05) is 0 Å². The zero-order chi connectivity index (χ0) is 12.5. The predicted octanol–water partition coefficient (Wildman–Crippen LogP) is -0.644. The van der Waals surface area contributed by atoms with Gasteiger partial charge in [-0.05, 0) is 12.8 Å². The minimum atomic E-state index is -0.500. The molecule has 0 aromatic carbocycles.